The van der Waals surface area contributed by atoms with Gasteiger partial charge in [-0.1, -0.05) is 13.8 Å². The molecule has 4 rings (SSSR count). The minimum absolute atomic E-state index is 0.0528. The highest BCUT2D eigenvalue weighted by atomic mass is 19.3. The number of carbonyl (C=O) groups excluding carboxylic acids is 1. The van der Waals surface area contributed by atoms with Gasteiger partial charge in [-0.25, -0.2) is 13.5 Å². The molecule has 11 heteroatoms. The van der Waals surface area contributed by atoms with Crippen molar-refractivity contribution >= 4 is 16.8 Å². The average Bonchev–Trinajstić information content (AvgIpc) is 3.39. The van der Waals surface area contributed by atoms with Crippen LogP contribution in [0.25, 0.3) is 16.6 Å². The molecule has 0 fully saturated rings. The second-order valence-electron chi connectivity index (χ2n) is 9.02. The summed E-state index contributed by atoms with van der Waals surface area (Å²) < 4.78 is 65.0. The molecule has 2 heterocycles. The van der Waals surface area contributed by atoms with Crippen LogP contribution in [0.5, 0.6) is 5.75 Å². The van der Waals surface area contributed by atoms with Gasteiger partial charge in [-0.05, 0) is 36.2 Å². The molecule has 36 heavy (non-hydrogen) atoms. The predicted molar refractivity (Wildman–Crippen MR) is 125 cm³/mol. The van der Waals surface area contributed by atoms with Gasteiger partial charge in [-0.3, -0.25) is 9.48 Å². The Balaban J connectivity index is 1.73. The third-order valence-electron chi connectivity index (χ3n) is 5.69. The van der Waals surface area contributed by atoms with Gasteiger partial charge in [-0.2, -0.15) is 19.0 Å². The summed E-state index contributed by atoms with van der Waals surface area (Å²) in [6.45, 7) is 3.85. The van der Waals surface area contributed by atoms with Gasteiger partial charge in [0.05, 0.1) is 30.1 Å². The van der Waals surface area contributed by atoms with Gasteiger partial charge in [0.1, 0.15) is 29.2 Å². The van der Waals surface area contributed by atoms with Gasteiger partial charge in [-0.15, -0.1) is 0 Å². The Morgan fingerprint density at radius 3 is 2.33 bits per heavy atom. The van der Waals surface area contributed by atoms with E-state index in [4.69, 9.17) is 4.74 Å². The summed E-state index contributed by atoms with van der Waals surface area (Å²) in [4.78, 5) is 12.1. The van der Waals surface area contributed by atoms with E-state index in [0.29, 0.717) is 24.1 Å². The molecule has 0 radical (unpaired) electrons. The van der Waals surface area contributed by atoms with Crippen molar-refractivity contribution in [3.63, 3.8) is 0 Å². The van der Waals surface area contributed by atoms with Crippen LogP contribution in [0, 0.1) is 17.6 Å². The molecule has 2 aromatic carbocycles. The zero-order valence-corrected chi connectivity index (χ0v) is 20.0. The normalized spacial score (nSPS) is 13.7. The molecule has 1 N–H and O–H groups in total. The number of rotatable bonds is 8. The third kappa shape index (κ3) is 5.34. The van der Waals surface area contributed by atoms with Gasteiger partial charge < -0.3 is 10.1 Å². The summed E-state index contributed by atoms with van der Waals surface area (Å²) in [5, 5.41) is 11.5. The minimum Gasteiger partial charge on any atom is -0.484 e. The molecule has 2 aromatic heterocycles. The molecule has 0 spiro atoms. The number of carbonyl (C=O) groups is 1. The minimum atomic E-state index is -3.65. The van der Waals surface area contributed by atoms with E-state index in [1.54, 1.807) is 67.0 Å². The maximum atomic E-state index is 14.1. The largest absolute Gasteiger partial charge is 0.484 e. The highest BCUT2D eigenvalue weighted by Gasteiger charge is 2.38. The lowest BCUT2D eigenvalue weighted by Crippen LogP contribution is -2.49. The van der Waals surface area contributed by atoms with Crippen molar-refractivity contribution in [2.75, 3.05) is 0 Å². The average molecular weight is 504 g/mol. The van der Waals surface area contributed by atoms with Crippen molar-refractivity contribution in [1.82, 2.24) is 24.9 Å². The van der Waals surface area contributed by atoms with Gasteiger partial charge in [0.25, 0.3) is 5.91 Å². The first kappa shape index (κ1) is 25.2. The zero-order chi connectivity index (χ0) is 26.2. The molecule has 4 aromatic rings. The number of alkyl halides is 2. The number of aromatic nitrogens is 4. The Morgan fingerprint density at radius 1 is 1.06 bits per heavy atom. The van der Waals surface area contributed by atoms with Crippen molar-refractivity contribution in [3.8, 4) is 11.4 Å². The molecule has 0 aliphatic rings. The fraction of sp³-hybridized carbons (Fsp3) is 0.320. The topological polar surface area (TPSA) is 74.0 Å². The summed E-state index contributed by atoms with van der Waals surface area (Å²) in [5.74, 6) is -7.01. The van der Waals surface area contributed by atoms with Crippen LogP contribution >= 0.6 is 0 Å². The van der Waals surface area contributed by atoms with Crippen LogP contribution in [0.1, 0.15) is 32.4 Å². The maximum absolute atomic E-state index is 14.1. The van der Waals surface area contributed by atoms with Crippen molar-refractivity contribution < 1.29 is 27.1 Å². The first-order valence-electron chi connectivity index (χ1n) is 11.2. The summed E-state index contributed by atoms with van der Waals surface area (Å²) in [6, 6.07) is 6.83. The third-order valence-corrected chi connectivity index (χ3v) is 5.69. The van der Waals surface area contributed by atoms with Gasteiger partial charge in [0, 0.05) is 31.0 Å². The Kier molecular flexibility index (Phi) is 6.75. The molecule has 0 aliphatic carbocycles. The zero-order valence-electron chi connectivity index (χ0n) is 20.0. The Morgan fingerprint density at radius 2 is 1.75 bits per heavy atom. The number of fused-ring (bicyclic) bond motifs is 1. The number of hydrogen-bond donors (Lipinski definition) is 1. The van der Waals surface area contributed by atoms with Crippen LogP contribution in [-0.2, 0) is 11.8 Å². The van der Waals surface area contributed by atoms with Gasteiger partial charge >= 0.3 is 5.92 Å². The van der Waals surface area contributed by atoms with Crippen molar-refractivity contribution in [3.05, 3.63) is 72.2 Å². The molecule has 0 saturated carbocycles. The fourth-order valence-electron chi connectivity index (χ4n) is 3.91. The summed E-state index contributed by atoms with van der Waals surface area (Å²) >= 11 is 0. The van der Waals surface area contributed by atoms with Gasteiger partial charge in [0.2, 0.25) is 0 Å². The van der Waals surface area contributed by atoms with E-state index >= 15 is 0 Å². The monoisotopic (exact) mass is 503 g/mol. The molecule has 0 unspecified atom stereocenters. The van der Waals surface area contributed by atoms with Gasteiger partial charge in [0.15, 0.2) is 0 Å². The standard InChI is InChI=1S/C25H25F4N5O2/c1-14(2)22(32-24(35)25(3,28)29)23(15-7-17(26)10-18(27)8-15)36-20-5-6-21-16(9-20)11-31-34(21)19-12-30-33(4)13-19/h5-14,22-23H,1-4H3,(H,32,35)/t22-,23+/m0/s1. The molecule has 7 nitrogen and oxygen atoms in total. The molecular weight excluding hydrogens is 478 g/mol. The molecule has 1 amide bonds. The molecule has 0 bridgehead atoms. The Labute approximate surface area is 204 Å². The molecule has 0 aliphatic heterocycles. The van der Waals surface area contributed by atoms with Crippen LogP contribution < -0.4 is 10.1 Å². The quantitative estimate of drug-likeness (QED) is 0.345. The van der Waals surface area contributed by atoms with Crippen LogP contribution in [-0.4, -0.2) is 37.4 Å². The number of hydrogen-bond acceptors (Lipinski definition) is 4. The van der Waals surface area contributed by atoms with Crippen LogP contribution in [0.15, 0.2) is 55.0 Å². The SMILES string of the molecule is CC(C)[C@H](NC(=O)C(C)(F)F)[C@H](Oc1ccc2c(cnn2-c2cnn(C)c2)c1)c1cc(F)cc(F)c1. The summed E-state index contributed by atoms with van der Waals surface area (Å²) in [6.07, 6.45) is 3.90. The number of aryl methyl sites for hydroxylation is 1. The molecular formula is C25H25F4N5O2. The number of benzene rings is 2. The lowest BCUT2D eigenvalue weighted by Gasteiger charge is -2.32. The lowest BCUT2D eigenvalue weighted by atomic mass is 9.92. The highest BCUT2D eigenvalue weighted by molar-refractivity contribution is 5.83. The number of amides is 1. The Bertz CT molecular complexity index is 1370. The summed E-state index contributed by atoms with van der Waals surface area (Å²) in [5.41, 5.74) is 1.55. The predicted octanol–water partition coefficient (Wildman–Crippen LogP) is 4.95. The highest BCUT2D eigenvalue weighted by Crippen LogP contribution is 2.32. The van der Waals surface area contributed by atoms with Crippen molar-refractivity contribution in [2.45, 2.75) is 38.8 Å². The van der Waals surface area contributed by atoms with Crippen LogP contribution in [0.2, 0.25) is 0 Å². The molecule has 2 atom stereocenters. The smallest absolute Gasteiger partial charge is 0.321 e. The lowest BCUT2D eigenvalue weighted by molar-refractivity contribution is -0.145. The second-order valence-corrected chi connectivity index (χ2v) is 9.02. The van der Waals surface area contributed by atoms with E-state index in [2.05, 4.69) is 15.5 Å². The van der Waals surface area contributed by atoms with Crippen LogP contribution in [0.4, 0.5) is 17.6 Å². The van der Waals surface area contributed by atoms with Crippen LogP contribution in [0.3, 0.4) is 0 Å². The fourth-order valence-corrected chi connectivity index (χ4v) is 3.91. The van der Waals surface area contributed by atoms with E-state index in [0.717, 1.165) is 23.3 Å². The number of nitrogens with one attached hydrogen (secondary N) is 1. The first-order valence-corrected chi connectivity index (χ1v) is 11.2. The molecule has 0 saturated heterocycles. The number of halogens is 4. The van der Waals surface area contributed by atoms with E-state index < -0.39 is 41.5 Å². The van der Waals surface area contributed by atoms with E-state index in [1.165, 1.54) is 0 Å². The maximum Gasteiger partial charge on any atom is 0.321 e. The number of ether oxygens (including phenoxy) is 1. The van der Waals surface area contributed by atoms with E-state index in [-0.39, 0.29) is 5.56 Å². The van der Waals surface area contributed by atoms with Crippen molar-refractivity contribution in [2.24, 2.45) is 13.0 Å². The first-order chi connectivity index (χ1) is 16.9. The molecule has 190 valence electrons. The Hall–Kier alpha value is -3.89. The second kappa shape index (κ2) is 9.63. The summed E-state index contributed by atoms with van der Waals surface area (Å²) in [7, 11) is 1.79. The number of nitrogens with zero attached hydrogens (tertiary/aromatic N) is 4. The van der Waals surface area contributed by atoms with E-state index in [9.17, 15) is 22.4 Å². The van der Waals surface area contributed by atoms with Crippen molar-refractivity contribution in [1.29, 1.82) is 0 Å². The van der Waals surface area contributed by atoms with E-state index in [1.807, 2.05) is 0 Å².